The molecule has 11 heavy (non-hydrogen) atoms. The van der Waals surface area contributed by atoms with Gasteiger partial charge in [0.1, 0.15) is 6.61 Å². The Morgan fingerprint density at radius 1 is 1.73 bits per heavy atom. The highest BCUT2D eigenvalue weighted by atomic mass is 16.5. The molecule has 0 aromatic heterocycles. The first-order chi connectivity index (χ1) is 5.18. The van der Waals surface area contributed by atoms with E-state index in [1.807, 2.05) is 0 Å². The minimum absolute atomic E-state index is 0.0890. The molecule has 0 radical (unpaired) electrons. The van der Waals surface area contributed by atoms with E-state index in [0.717, 1.165) is 0 Å². The average molecular weight is 155 g/mol. The van der Waals surface area contributed by atoms with Crippen LogP contribution in [0.25, 0.3) is 0 Å². The molecule has 0 rings (SSSR count). The predicted octanol–water partition coefficient (Wildman–Crippen LogP) is 0.442. The maximum atomic E-state index is 10.5. The fourth-order valence-corrected chi connectivity index (χ4v) is 0.362. The summed E-state index contributed by atoms with van der Waals surface area (Å²) in [5, 5.41) is 0. The lowest BCUT2D eigenvalue weighted by atomic mass is 10.4. The fourth-order valence-electron chi connectivity index (χ4n) is 0.362. The molecule has 0 bridgehead atoms. The van der Waals surface area contributed by atoms with Gasteiger partial charge in [-0.25, -0.2) is 9.79 Å². The van der Waals surface area contributed by atoms with E-state index in [1.54, 1.807) is 0 Å². The Bertz CT molecular complexity index is 204. The van der Waals surface area contributed by atoms with Gasteiger partial charge in [-0.1, -0.05) is 6.58 Å². The van der Waals surface area contributed by atoms with Crippen LogP contribution in [0.3, 0.4) is 0 Å². The van der Waals surface area contributed by atoms with Crippen LogP contribution in [-0.2, 0) is 14.3 Å². The highest BCUT2D eigenvalue weighted by Crippen LogP contribution is 1.93. The lowest BCUT2D eigenvalue weighted by Gasteiger charge is -2.01. The summed E-state index contributed by atoms with van der Waals surface area (Å²) in [4.78, 5) is 23.2. The van der Waals surface area contributed by atoms with E-state index in [4.69, 9.17) is 4.74 Å². The summed E-state index contributed by atoms with van der Waals surface area (Å²) in [6.07, 6.45) is 1.35. The molecule has 4 nitrogen and oxygen atoms in total. The summed E-state index contributed by atoms with van der Waals surface area (Å²) >= 11 is 0. The molecule has 0 aromatic carbocycles. The van der Waals surface area contributed by atoms with Gasteiger partial charge in [-0.2, -0.15) is 0 Å². The molecule has 0 unspecified atom stereocenters. The van der Waals surface area contributed by atoms with E-state index in [1.165, 1.54) is 13.0 Å². The second-order valence-corrected chi connectivity index (χ2v) is 1.80. The van der Waals surface area contributed by atoms with Crippen molar-refractivity contribution in [3.8, 4) is 0 Å². The van der Waals surface area contributed by atoms with Crippen molar-refractivity contribution >= 4 is 11.9 Å². The van der Waals surface area contributed by atoms with Crippen molar-refractivity contribution in [2.24, 2.45) is 4.99 Å². The number of aliphatic imine (C=N–C) groups is 1. The van der Waals surface area contributed by atoms with E-state index in [2.05, 4.69) is 11.6 Å². The van der Waals surface area contributed by atoms with Gasteiger partial charge in [0.25, 0.3) is 0 Å². The van der Waals surface area contributed by atoms with Crippen molar-refractivity contribution in [1.29, 1.82) is 0 Å². The maximum Gasteiger partial charge on any atom is 0.235 e. The van der Waals surface area contributed by atoms with E-state index >= 15 is 0 Å². The molecule has 0 saturated heterocycles. The fraction of sp³-hybridized carbons (Fsp3) is 0.429. The van der Waals surface area contributed by atoms with Crippen LogP contribution >= 0.6 is 0 Å². The first-order valence-electron chi connectivity index (χ1n) is 3.04. The molecule has 60 valence electrons. The Balaban J connectivity index is 3.47. The largest absolute Gasteiger partial charge is 0.489 e. The van der Waals surface area contributed by atoms with Gasteiger partial charge in [-0.3, -0.25) is 4.79 Å². The number of hydrogen-bond donors (Lipinski definition) is 0. The third kappa shape index (κ3) is 5.06. The van der Waals surface area contributed by atoms with E-state index in [-0.39, 0.29) is 24.7 Å². The molecule has 0 aliphatic rings. The molecule has 0 spiro atoms. The zero-order valence-corrected chi connectivity index (χ0v) is 6.29. The number of ether oxygens (including phenoxy) is 1. The Kier molecular flexibility index (Phi) is 4.69. The smallest absolute Gasteiger partial charge is 0.235 e. The minimum atomic E-state index is -0.222. The van der Waals surface area contributed by atoms with Crippen LogP contribution in [0.4, 0.5) is 0 Å². The summed E-state index contributed by atoms with van der Waals surface area (Å²) in [5.41, 5.74) is 0. The number of isocyanates is 1. The molecule has 0 saturated carbocycles. The van der Waals surface area contributed by atoms with Gasteiger partial charge in [0.2, 0.25) is 6.08 Å². The van der Waals surface area contributed by atoms with E-state index < -0.39 is 0 Å². The molecule has 0 aliphatic carbocycles. The molecule has 0 N–H and O–H groups in total. The molecule has 0 heterocycles. The van der Waals surface area contributed by atoms with Gasteiger partial charge in [0.05, 0.1) is 6.54 Å². The molecule has 0 amide bonds. The first kappa shape index (κ1) is 9.59. The summed E-state index contributed by atoms with van der Waals surface area (Å²) in [6.45, 7) is 5.08. The van der Waals surface area contributed by atoms with Crippen LogP contribution in [0.5, 0.6) is 0 Å². The number of carbonyl (C=O) groups is 1. The standard InChI is InChI=1S/C7H9NO3/c1-6(10)7(2)11-4-3-8-5-9/h2-4H2,1H3. The van der Waals surface area contributed by atoms with Gasteiger partial charge in [0.15, 0.2) is 11.5 Å². The third-order valence-electron chi connectivity index (χ3n) is 0.937. The number of ketones is 1. The number of nitrogens with zero attached hydrogens (tertiary/aromatic N) is 1. The van der Waals surface area contributed by atoms with Gasteiger partial charge < -0.3 is 4.74 Å². The Morgan fingerprint density at radius 3 is 2.82 bits per heavy atom. The average Bonchev–Trinajstić information content (AvgIpc) is 1.97. The summed E-state index contributed by atoms with van der Waals surface area (Å²) in [6, 6.07) is 0. The van der Waals surface area contributed by atoms with Gasteiger partial charge >= 0.3 is 0 Å². The number of Topliss-reactive ketones (excluding diaryl/α,β-unsaturated/α-hetero) is 1. The van der Waals surface area contributed by atoms with Crippen molar-refractivity contribution in [2.75, 3.05) is 13.2 Å². The predicted molar refractivity (Wildman–Crippen MR) is 38.8 cm³/mol. The zero-order valence-electron chi connectivity index (χ0n) is 6.29. The highest BCUT2D eigenvalue weighted by molar-refractivity contribution is 5.90. The summed E-state index contributed by atoms with van der Waals surface area (Å²) < 4.78 is 4.79. The van der Waals surface area contributed by atoms with E-state index in [0.29, 0.717) is 0 Å². The van der Waals surface area contributed by atoms with Crippen molar-refractivity contribution in [3.63, 3.8) is 0 Å². The monoisotopic (exact) mass is 155 g/mol. The topological polar surface area (TPSA) is 55.7 Å². The van der Waals surface area contributed by atoms with Crippen LogP contribution in [0.15, 0.2) is 17.3 Å². The van der Waals surface area contributed by atoms with Gasteiger partial charge in [0, 0.05) is 6.92 Å². The third-order valence-corrected chi connectivity index (χ3v) is 0.937. The van der Waals surface area contributed by atoms with Gasteiger partial charge in [-0.05, 0) is 0 Å². The Morgan fingerprint density at radius 2 is 2.36 bits per heavy atom. The molecule has 0 fully saturated rings. The van der Waals surface area contributed by atoms with Crippen LogP contribution < -0.4 is 0 Å². The normalized spacial score (nSPS) is 8.09. The molecular formula is C7H9NO3. The molecule has 0 atom stereocenters. The minimum Gasteiger partial charge on any atom is -0.489 e. The van der Waals surface area contributed by atoms with Crippen LogP contribution in [-0.4, -0.2) is 25.0 Å². The van der Waals surface area contributed by atoms with Crippen LogP contribution in [0, 0.1) is 0 Å². The molecular weight excluding hydrogens is 146 g/mol. The quantitative estimate of drug-likeness (QED) is 0.190. The lowest BCUT2D eigenvalue weighted by Crippen LogP contribution is -2.03. The van der Waals surface area contributed by atoms with Crippen LogP contribution in [0.2, 0.25) is 0 Å². The van der Waals surface area contributed by atoms with Crippen LogP contribution in [0.1, 0.15) is 6.92 Å². The maximum absolute atomic E-state index is 10.5. The van der Waals surface area contributed by atoms with Gasteiger partial charge in [-0.15, -0.1) is 0 Å². The molecule has 4 heteroatoms. The number of rotatable bonds is 5. The van der Waals surface area contributed by atoms with Crippen molar-refractivity contribution in [2.45, 2.75) is 6.92 Å². The van der Waals surface area contributed by atoms with Crippen molar-refractivity contribution in [1.82, 2.24) is 0 Å². The number of allylic oxidation sites excluding steroid dienone is 1. The Labute approximate surface area is 64.6 Å². The zero-order chi connectivity index (χ0) is 8.69. The number of carbonyl (C=O) groups excluding carboxylic acids is 2. The highest BCUT2D eigenvalue weighted by Gasteiger charge is 1.98. The molecule has 0 aliphatic heterocycles. The Hall–Kier alpha value is -1.41. The van der Waals surface area contributed by atoms with Crippen molar-refractivity contribution in [3.05, 3.63) is 12.3 Å². The van der Waals surface area contributed by atoms with Crippen molar-refractivity contribution < 1.29 is 14.3 Å². The summed E-state index contributed by atoms with van der Waals surface area (Å²) in [7, 11) is 0. The molecule has 0 aromatic rings. The first-order valence-corrected chi connectivity index (χ1v) is 3.04. The second kappa shape index (κ2) is 5.38. The lowest BCUT2D eigenvalue weighted by molar-refractivity contribution is -0.116. The summed E-state index contributed by atoms with van der Waals surface area (Å²) in [5.74, 6) is -0.133. The second-order valence-electron chi connectivity index (χ2n) is 1.80. The van der Waals surface area contributed by atoms with E-state index in [9.17, 15) is 9.59 Å². The SMILES string of the molecule is C=C(OCCN=C=O)C(C)=O. The number of hydrogen-bond acceptors (Lipinski definition) is 4.